The second-order valence-electron chi connectivity index (χ2n) is 15.5. The van der Waals surface area contributed by atoms with E-state index in [4.69, 9.17) is 19.0 Å². The van der Waals surface area contributed by atoms with Crippen LogP contribution in [0.3, 0.4) is 0 Å². The maximum Gasteiger partial charge on any atom is 0.412 e. The molecule has 3 N–H and O–H groups in total. The number of para-hydroxylation sites is 1. The molecule has 60 heavy (non-hydrogen) atoms. The number of nitrogens with zero attached hydrogens (tertiary/aromatic N) is 3. The van der Waals surface area contributed by atoms with Crippen LogP contribution >= 0.6 is 0 Å². The van der Waals surface area contributed by atoms with E-state index in [1.807, 2.05) is 48.5 Å². The van der Waals surface area contributed by atoms with Crippen molar-refractivity contribution in [1.82, 2.24) is 14.6 Å². The summed E-state index contributed by atoms with van der Waals surface area (Å²) in [5, 5.41) is 27.8. The van der Waals surface area contributed by atoms with Crippen LogP contribution in [0.15, 0.2) is 119 Å². The molecule has 0 radical (unpaired) electrons. The van der Waals surface area contributed by atoms with Gasteiger partial charge in [-0.05, 0) is 79.0 Å². The number of carbonyl (C=O) groups is 1. The Balaban J connectivity index is 1.39. The fourth-order valence-electron chi connectivity index (χ4n) is 9.40. The van der Waals surface area contributed by atoms with E-state index >= 15 is 0 Å². The van der Waals surface area contributed by atoms with Crippen molar-refractivity contribution in [3.8, 4) is 11.5 Å². The summed E-state index contributed by atoms with van der Waals surface area (Å²) in [5.41, 5.74) is 3.43. The average molecular weight is 839 g/mol. The molecule has 0 saturated heterocycles. The number of hydrogen-bond acceptors (Lipinski definition) is 11. The highest BCUT2D eigenvalue weighted by Gasteiger charge is 2.65. The van der Waals surface area contributed by atoms with Crippen LogP contribution in [0.2, 0.25) is 0 Å². The standard InChI is InChI=1S/C46H54N4O9S/c1-4-26-57-46-41(50(2)60(54,55)40-20-12-17-32-18-13-23-47-44(32)40)29-38(49-56-3)36-27-33(16-8-10-24-51)35(19-9-11-25-52)42(43(36)46)37-28-34(21-22-39(37)59-46)58-45(53)48-30-31-14-6-5-7-15-31/h4-7,12-15,17-18,20-23,27-28,33,35,41-43,51-52H,1,8-11,16,19,24-26,29-30H2,2-3H3,(H,48,53). The minimum atomic E-state index is -4.27. The summed E-state index contributed by atoms with van der Waals surface area (Å²) in [5.74, 6) is -1.89. The molecule has 6 atom stereocenters. The molecule has 1 aromatic heterocycles. The molecule has 3 aromatic carbocycles. The highest BCUT2D eigenvalue weighted by atomic mass is 32.2. The van der Waals surface area contributed by atoms with Crippen LogP contribution in [0.5, 0.6) is 11.5 Å². The van der Waals surface area contributed by atoms with Crippen LogP contribution in [0, 0.1) is 17.8 Å². The molecule has 1 saturated carbocycles. The Morgan fingerprint density at radius 2 is 1.80 bits per heavy atom. The number of hydrogen-bond donors (Lipinski definition) is 3. The molecule has 2 aliphatic carbocycles. The van der Waals surface area contributed by atoms with Gasteiger partial charge in [0, 0.05) is 56.3 Å². The molecule has 14 heteroatoms. The topological polar surface area (TPSA) is 169 Å². The second kappa shape index (κ2) is 19.1. The lowest BCUT2D eigenvalue weighted by atomic mass is 9.55. The van der Waals surface area contributed by atoms with Crippen LogP contribution in [-0.2, 0) is 26.1 Å². The van der Waals surface area contributed by atoms with Crippen LogP contribution in [-0.4, -0.2) is 85.5 Å². The van der Waals surface area contributed by atoms with E-state index in [1.165, 1.54) is 18.5 Å². The number of pyridine rings is 1. The maximum atomic E-state index is 15.0. The lowest BCUT2D eigenvalue weighted by Crippen LogP contribution is -2.69. The highest BCUT2D eigenvalue weighted by Crippen LogP contribution is 2.62. The number of carbonyl (C=O) groups excluding carboxylic acids is 1. The third-order valence-corrected chi connectivity index (χ3v) is 13.9. The van der Waals surface area contributed by atoms with Gasteiger partial charge in [-0.3, -0.25) is 4.98 Å². The van der Waals surface area contributed by atoms with Crippen molar-refractivity contribution in [2.24, 2.45) is 22.9 Å². The van der Waals surface area contributed by atoms with Gasteiger partial charge in [-0.25, -0.2) is 13.2 Å². The van der Waals surface area contributed by atoms with Crippen molar-refractivity contribution in [3.63, 3.8) is 0 Å². The molecule has 3 aliphatic rings. The third-order valence-electron chi connectivity index (χ3n) is 12.0. The molecule has 1 aliphatic heterocycles. The molecule has 2 heterocycles. The first-order valence-corrected chi connectivity index (χ1v) is 22.0. The first-order chi connectivity index (χ1) is 29.2. The Hall–Kier alpha value is -5.12. The molecule has 1 fully saturated rings. The number of nitrogens with one attached hydrogen (secondary N) is 1. The first-order valence-electron chi connectivity index (χ1n) is 20.6. The van der Waals surface area contributed by atoms with Gasteiger partial charge in [0.15, 0.2) is 0 Å². The molecular weight excluding hydrogens is 785 g/mol. The number of aliphatic hydroxyl groups excluding tert-OH is 2. The van der Waals surface area contributed by atoms with E-state index in [1.54, 1.807) is 42.6 Å². The minimum absolute atomic E-state index is 0.00452. The third kappa shape index (κ3) is 8.57. The SMILES string of the molecule is C=CCOC12Oc3ccc(OC(=O)NCc4ccccc4)cc3C3C(CCCCO)C(CCCCO)C=C(C(=NOC)CC1N(C)S(=O)(=O)c1cccc4cccnc14)C32. The molecule has 4 aromatic rings. The Morgan fingerprint density at radius 1 is 1.03 bits per heavy atom. The second-order valence-corrected chi connectivity index (χ2v) is 17.5. The number of oxime groups is 1. The molecule has 13 nitrogen and oxygen atoms in total. The van der Waals surface area contributed by atoms with Crippen molar-refractivity contribution in [2.75, 3.05) is 34.0 Å². The smallest absolute Gasteiger partial charge is 0.412 e. The summed E-state index contributed by atoms with van der Waals surface area (Å²) in [6, 6.07) is 22.5. The van der Waals surface area contributed by atoms with Gasteiger partial charge in [0.1, 0.15) is 23.5 Å². The fourth-order valence-corrected chi connectivity index (χ4v) is 10.9. The zero-order valence-corrected chi connectivity index (χ0v) is 34.9. The zero-order chi connectivity index (χ0) is 42.3. The van der Waals surface area contributed by atoms with E-state index in [9.17, 15) is 23.4 Å². The monoisotopic (exact) mass is 838 g/mol. The number of fused-ring (bicyclic) bond motifs is 3. The van der Waals surface area contributed by atoms with Crippen molar-refractivity contribution < 1.29 is 42.5 Å². The number of unbranched alkanes of at least 4 members (excludes halogenated alkanes) is 2. The molecule has 6 unspecified atom stereocenters. The lowest BCUT2D eigenvalue weighted by Gasteiger charge is -2.59. The Bertz CT molecular complexity index is 2320. The number of rotatable bonds is 18. The van der Waals surface area contributed by atoms with Gasteiger partial charge in [0.05, 0.1) is 29.8 Å². The number of benzene rings is 3. The highest BCUT2D eigenvalue weighted by molar-refractivity contribution is 7.89. The normalized spacial score (nSPS) is 23.9. The van der Waals surface area contributed by atoms with E-state index in [0.717, 1.165) is 36.0 Å². The van der Waals surface area contributed by atoms with Crippen molar-refractivity contribution in [1.29, 1.82) is 0 Å². The summed E-state index contributed by atoms with van der Waals surface area (Å²) in [6.45, 7) is 4.39. The number of sulfonamides is 1. The molecule has 0 bridgehead atoms. The molecule has 7 rings (SSSR count). The van der Waals surface area contributed by atoms with Crippen LogP contribution in [0.25, 0.3) is 10.9 Å². The fraction of sp³-hybridized carbons (Fsp3) is 0.413. The number of amides is 1. The van der Waals surface area contributed by atoms with Crippen LogP contribution < -0.4 is 14.8 Å². The summed E-state index contributed by atoms with van der Waals surface area (Å²) >= 11 is 0. The number of ether oxygens (including phenoxy) is 3. The Kier molecular flexibility index (Phi) is 13.7. The quantitative estimate of drug-likeness (QED) is 0.0534. The molecule has 318 valence electrons. The predicted octanol–water partition coefficient (Wildman–Crippen LogP) is 7.11. The average Bonchev–Trinajstić information content (AvgIpc) is 3.26. The maximum absolute atomic E-state index is 15.0. The molecular formula is C46H54N4O9S. The van der Waals surface area contributed by atoms with E-state index in [2.05, 4.69) is 28.1 Å². The van der Waals surface area contributed by atoms with Gasteiger partial charge >= 0.3 is 6.09 Å². The summed E-state index contributed by atoms with van der Waals surface area (Å²) < 4.78 is 51.3. The zero-order valence-electron chi connectivity index (χ0n) is 34.1. The van der Waals surface area contributed by atoms with Crippen molar-refractivity contribution in [2.45, 2.75) is 74.1 Å². The largest absolute Gasteiger partial charge is 0.460 e. The van der Waals surface area contributed by atoms with Crippen molar-refractivity contribution >= 4 is 32.7 Å². The number of aromatic nitrogens is 1. The Labute approximate surface area is 351 Å². The summed E-state index contributed by atoms with van der Waals surface area (Å²) in [4.78, 5) is 23.2. The van der Waals surface area contributed by atoms with Crippen molar-refractivity contribution in [3.05, 3.63) is 120 Å². The van der Waals surface area contributed by atoms with Gasteiger partial charge in [0.25, 0.3) is 0 Å². The number of allylic oxidation sites excluding steroid dienone is 1. The molecule has 1 amide bonds. The number of likely N-dealkylation sites (N-methyl/N-ethyl adjacent to an activating group) is 1. The first kappa shape index (κ1) is 43.0. The Morgan fingerprint density at radius 3 is 2.55 bits per heavy atom. The summed E-state index contributed by atoms with van der Waals surface area (Å²) in [7, 11) is -1.26. The van der Waals surface area contributed by atoms with E-state index in [-0.39, 0.29) is 55.4 Å². The van der Waals surface area contributed by atoms with Gasteiger partial charge < -0.3 is 34.6 Å². The van der Waals surface area contributed by atoms with Gasteiger partial charge in [0.2, 0.25) is 15.8 Å². The number of aliphatic hydroxyl groups is 2. The van der Waals surface area contributed by atoms with Gasteiger partial charge in [-0.1, -0.05) is 78.7 Å². The lowest BCUT2D eigenvalue weighted by molar-refractivity contribution is -0.250. The van der Waals surface area contributed by atoms with E-state index in [0.29, 0.717) is 47.4 Å². The van der Waals surface area contributed by atoms with Gasteiger partial charge in [-0.15, -0.1) is 6.58 Å². The van der Waals surface area contributed by atoms with Crippen LogP contribution in [0.1, 0.15) is 62.0 Å². The van der Waals surface area contributed by atoms with E-state index < -0.39 is 33.9 Å². The summed E-state index contributed by atoms with van der Waals surface area (Å²) in [6.07, 6.45) is 9.08. The minimum Gasteiger partial charge on any atom is -0.460 e. The molecule has 0 spiro atoms. The van der Waals surface area contributed by atoms with Gasteiger partial charge in [-0.2, -0.15) is 4.31 Å². The predicted molar refractivity (Wildman–Crippen MR) is 228 cm³/mol. The van der Waals surface area contributed by atoms with Crippen LogP contribution in [0.4, 0.5) is 4.79 Å².